The topological polar surface area (TPSA) is 54.9 Å². The van der Waals surface area contributed by atoms with Crippen LogP contribution in [0.3, 0.4) is 0 Å². The molecular weight excluding hydrogens is 174 g/mol. The van der Waals surface area contributed by atoms with E-state index >= 15 is 0 Å². The molecule has 0 bridgehead atoms. The van der Waals surface area contributed by atoms with Crippen molar-refractivity contribution < 1.29 is 4.79 Å². The first-order valence-electron chi connectivity index (χ1n) is 3.92. The zero-order valence-electron chi connectivity index (χ0n) is 6.49. The molecule has 1 aliphatic heterocycles. The van der Waals surface area contributed by atoms with E-state index in [1.807, 2.05) is 0 Å². The number of hydrogen-bond acceptors (Lipinski definition) is 5. The summed E-state index contributed by atoms with van der Waals surface area (Å²) in [5.41, 5.74) is 0. The summed E-state index contributed by atoms with van der Waals surface area (Å²) in [7, 11) is 0. The Morgan fingerprint density at radius 3 is 3.08 bits per heavy atom. The summed E-state index contributed by atoms with van der Waals surface area (Å²) in [5, 5.41) is 12.4. The molecule has 1 fully saturated rings. The second-order valence-electron chi connectivity index (χ2n) is 2.75. The number of rotatable bonds is 2. The van der Waals surface area contributed by atoms with Gasteiger partial charge in [-0.25, -0.2) is 0 Å². The summed E-state index contributed by atoms with van der Waals surface area (Å²) in [6.45, 7) is 1.04. The molecule has 1 aromatic rings. The molecule has 1 unspecified atom stereocenters. The Morgan fingerprint density at radius 2 is 2.50 bits per heavy atom. The van der Waals surface area contributed by atoms with Crippen LogP contribution in [0.4, 0.5) is 0 Å². The standard InChI is InChI=1S/C7H9N3OS/c11-4-6-9-10-7(12-6)5-2-1-3-8-5/h4-5,8H,1-3H2. The molecule has 64 valence electrons. The molecule has 5 heteroatoms. The molecule has 0 saturated carbocycles. The van der Waals surface area contributed by atoms with Crippen LogP contribution < -0.4 is 5.32 Å². The minimum absolute atomic E-state index is 0.330. The van der Waals surface area contributed by atoms with Crippen molar-refractivity contribution in [1.29, 1.82) is 0 Å². The first kappa shape index (κ1) is 7.82. The van der Waals surface area contributed by atoms with Gasteiger partial charge in [-0.15, -0.1) is 10.2 Å². The normalized spacial score (nSPS) is 22.8. The summed E-state index contributed by atoms with van der Waals surface area (Å²) in [6.07, 6.45) is 3.03. The second kappa shape index (κ2) is 3.28. The van der Waals surface area contributed by atoms with Crippen LogP contribution in [0.25, 0.3) is 0 Å². The lowest BCUT2D eigenvalue weighted by atomic mass is 10.2. The zero-order chi connectivity index (χ0) is 8.39. The molecule has 1 saturated heterocycles. The summed E-state index contributed by atoms with van der Waals surface area (Å²) in [5.74, 6) is 0. The molecule has 1 aromatic heterocycles. The van der Waals surface area contributed by atoms with E-state index in [1.54, 1.807) is 0 Å². The van der Waals surface area contributed by atoms with Gasteiger partial charge in [-0.2, -0.15) is 0 Å². The maximum absolute atomic E-state index is 10.3. The van der Waals surface area contributed by atoms with Gasteiger partial charge in [0.05, 0.1) is 6.04 Å². The van der Waals surface area contributed by atoms with Crippen LogP contribution in [0, 0.1) is 0 Å². The predicted molar refractivity (Wildman–Crippen MR) is 45.3 cm³/mol. The number of carbonyl (C=O) groups excluding carboxylic acids is 1. The monoisotopic (exact) mass is 183 g/mol. The zero-order valence-corrected chi connectivity index (χ0v) is 7.30. The average Bonchev–Trinajstić information content (AvgIpc) is 2.75. The van der Waals surface area contributed by atoms with Crippen molar-refractivity contribution >= 4 is 17.6 Å². The van der Waals surface area contributed by atoms with Gasteiger partial charge < -0.3 is 5.32 Å². The highest BCUT2D eigenvalue weighted by Gasteiger charge is 2.19. The van der Waals surface area contributed by atoms with Gasteiger partial charge >= 0.3 is 0 Å². The lowest BCUT2D eigenvalue weighted by molar-refractivity contribution is 0.112. The van der Waals surface area contributed by atoms with Crippen LogP contribution >= 0.6 is 11.3 Å². The Balaban J connectivity index is 2.16. The van der Waals surface area contributed by atoms with Crippen LogP contribution in [0.15, 0.2) is 0 Å². The van der Waals surface area contributed by atoms with Gasteiger partial charge in [-0.05, 0) is 19.4 Å². The molecule has 1 N–H and O–H groups in total. The highest BCUT2D eigenvalue weighted by atomic mass is 32.1. The SMILES string of the molecule is O=Cc1nnc(C2CCCN2)s1. The van der Waals surface area contributed by atoms with Crippen molar-refractivity contribution in [3.63, 3.8) is 0 Å². The number of nitrogens with one attached hydrogen (secondary N) is 1. The van der Waals surface area contributed by atoms with Crippen LogP contribution in [0.5, 0.6) is 0 Å². The van der Waals surface area contributed by atoms with Crippen LogP contribution in [-0.2, 0) is 0 Å². The minimum atomic E-state index is 0.330. The van der Waals surface area contributed by atoms with Crippen molar-refractivity contribution in [2.24, 2.45) is 0 Å². The van der Waals surface area contributed by atoms with Crippen molar-refractivity contribution in [3.05, 3.63) is 10.0 Å². The Kier molecular flexibility index (Phi) is 2.14. The molecular formula is C7H9N3OS. The van der Waals surface area contributed by atoms with E-state index in [9.17, 15) is 4.79 Å². The Labute approximate surface area is 74.0 Å². The fraction of sp³-hybridized carbons (Fsp3) is 0.571. The van der Waals surface area contributed by atoms with Crippen molar-refractivity contribution in [2.75, 3.05) is 6.54 Å². The van der Waals surface area contributed by atoms with Gasteiger partial charge in [0, 0.05) is 0 Å². The van der Waals surface area contributed by atoms with Gasteiger partial charge in [0.25, 0.3) is 0 Å². The number of aldehydes is 1. The lowest BCUT2D eigenvalue weighted by Crippen LogP contribution is -2.12. The number of carbonyl (C=O) groups is 1. The summed E-state index contributed by atoms with van der Waals surface area (Å²) < 4.78 is 0. The highest BCUT2D eigenvalue weighted by Crippen LogP contribution is 2.24. The molecule has 4 nitrogen and oxygen atoms in total. The summed E-state index contributed by atoms with van der Waals surface area (Å²) in [4.78, 5) is 10.3. The quantitative estimate of drug-likeness (QED) is 0.688. The van der Waals surface area contributed by atoms with Gasteiger partial charge in [-0.1, -0.05) is 11.3 Å². The number of hydrogen-bond donors (Lipinski definition) is 1. The smallest absolute Gasteiger partial charge is 0.180 e. The first-order chi connectivity index (χ1) is 5.90. The maximum Gasteiger partial charge on any atom is 0.180 e. The highest BCUT2D eigenvalue weighted by molar-refractivity contribution is 7.12. The summed E-state index contributed by atoms with van der Waals surface area (Å²) >= 11 is 1.38. The molecule has 2 rings (SSSR count). The van der Waals surface area contributed by atoms with Crippen LogP contribution in [0.1, 0.15) is 33.7 Å². The molecule has 12 heavy (non-hydrogen) atoms. The van der Waals surface area contributed by atoms with Crippen molar-refractivity contribution in [3.8, 4) is 0 Å². The minimum Gasteiger partial charge on any atom is -0.308 e. The maximum atomic E-state index is 10.3. The van der Waals surface area contributed by atoms with Crippen LogP contribution in [-0.4, -0.2) is 23.0 Å². The van der Waals surface area contributed by atoms with E-state index in [1.165, 1.54) is 17.8 Å². The lowest BCUT2D eigenvalue weighted by Gasteiger charge is -2.02. The summed E-state index contributed by atoms with van der Waals surface area (Å²) in [6, 6.07) is 0.330. The van der Waals surface area contributed by atoms with E-state index in [-0.39, 0.29) is 0 Å². The van der Waals surface area contributed by atoms with Gasteiger partial charge in [0.15, 0.2) is 11.3 Å². The van der Waals surface area contributed by atoms with Crippen molar-refractivity contribution in [2.45, 2.75) is 18.9 Å². The van der Waals surface area contributed by atoms with E-state index in [2.05, 4.69) is 15.5 Å². The molecule has 1 aliphatic rings. The van der Waals surface area contributed by atoms with Crippen LogP contribution in [0.2, 0.25) is 0 Å². The average molecular weight is 183 g/mol. The van der Waals surface area contributed by atoms with Gasteiger partial charge in [-0.3, -0.25) is 4.79 Å². The molecule has 0 aliphatic carbocycles. The first-order valence-corrected chi connectivity index (χ1v) is 4.74. The van der Waals surface area contributed by atoms with Crippen molar-refractivity contribution in [1.82, 2.24) is 15.5 Å². The van der Waals surface area contributed by atoms with E-state index in [4.69, 9.17) is 0 Å². The third-order valence-corrected chi connectivity index (χ3v) is 2.88. The Bertz CT molecular complexity index is 280. The molecule has 0 radical (unpaired) electrons. The second-order valence-corrected chi connectivity index (χ2v) is 3.79. The fourth-order valence-electron chi connectivity index (χ4n) is 1.33. The third-order valence-electron chi connectivity index (χ3n) is 1.92. The molecule has 2 heterocycles. The van der Waals surface area contributed by atoms with Gasteiger partial charge in [0.2, 0.25) is 0 Å². The predicted octanol–water partition coefficient (Wildman–Crippen LogP) is 0.775. The molecule has 0 aromatic carbocycles. The van der Waals surface area contributed by atoms with E-state index in [0.29, 0.717) is 11.0 Å². The molecule has 0 spiro atoms. The van der Waals surface area contributed by atoms with Gasteiger partial charge in [0.1, 0.15) is 5.01 Å². The molecule has 0 amide bonds. The number of aromatic nitrogens is 2. The number of nitrogens with zero attached hydrogens (tertiary/aromatic N) is 2. The van der Waals surface area contributed by atoms with E-state index in [0.717, 1.165) is 24.3 Å². The fourth-order valence-corrected chi connectivity index (χ4v) is 2.10. The third kappa shape index (κ3) is 1.37. The molecule has 1 atom stereocenters. The Hall–Kier alpha value is -0.810. The van der Waals surface area contributed by atoms with E-state index < -0.39 is 0 Å². The Morgan fingerprint density at radius 1 is 1.58 bits per heavy atom. The largest absolute Gasteiger partial charge is 0.308 e.